The van der Waals surface area contributed by atoms with Gasteiger partial charge in [0.1, 0.15) is 5.82 Å². The van der Waals surface area contributed by atoms with Gasteiger partial charge in [-0.1, -0.05) is 6.07 Å². The van der Waals surface area contributed by atoms with Crippen LogP contribution in [0, 0.1) is 18.7 Å². The number of aliphatic hydroxyl groups excluding tert-OH is 1. The summed E-state index contributed by atoms with van der Waals surface area (Å²) in [7, 11) is -2.15. The molecule has 1 heterocycles. The second-order valence-electron chi connectivity index (χ2n) is 6.34. The summed E-state index contributed by atoms with van der Waals surface area (Å²) in [6.07, 6.45) is 3.98. The molecule has 1 aromatic heterocycles. The van der Waals surface area contributed by atoms with E-state index in [0.717, 1.165) is 11.6 Å². The molecule has 0 unspecified atom stereocenters. The van der Waals surface area contributed by atoms with Gasteiger partial charge in [-0.2, -0.15) is 5.10 Å². The lowest BCUT2D eigenvalue weighted by atomic mass is 9.76. The highest BCUT2D eigenvalue weighted by molar-refractivity contribution is 7.89. The topological polar surface area (TPSA) is 84.2 Å². The lowest BCUT2D eigenvalue weighted by Gasteiger charge is -2.37. The van der Waals surface area contributed by atoms with Gasteiger partial charge in [-0.15, -0.1) is 0 Å². The van der Waals surface area contributed by atoms with E-state index in [1.165, 1.54) is 12.1 Å². The van der Waals surface area contributed by atoms with Crippen LogP contribution in [0.15, 0.2) is 35.5 Å². The van der Waals surface area contributed by atoms with E-state index in [1.807, 2.05) is 0 Å². The summed E-state index contributed by atoms with van der Waals surface area (Å²) < 4.78 is 43.3. The molecule has 0 spiro atoms. The molecule has 0 saturated heterocycles. The Morgan fingerprint density at radius 3 is 2.71 bits per heavy atom. The van der Waals surface area contributed by atoms with Gasteiger partial charge in [0.2, 0.25) is 10.0 Å². The molecule has 2 N–H and O–H groups in total. The van der Waals surface area contributed by atoms with E-state index in [2.05, 4.69) is 9.82 Å². The predicted octanol–water partition coefficient (Wildman–Crippen LogP) is 1.66. The van der Waals surface area contributed by atoms with Crippen LogP contribution in [0.5, 0.6) is 0 Å². The van der Waals surface area contributed by atoms with Gasteiger partial charge >= 0.3 is 0 Å². The van der Waals surface area contributed by atoms with Crippen molar-refractivity contribution in [2.75, 3.05) is 0 Å². The fourth-order valence-electron chi connectivity index (χ4n) is 3.03. The zero-order chi connectivity index (χ0) is 17.5. The molecule has 24 heavy (non-hydrogen) atoms. The number of nitrogens with zero attached hydrogens (tertiary/aromatic N) is 2. The van der Waals surface area contributed by atoms with Crippen molar-refractivity contribution >= 4 is 10.0 Å². The number of nitrogens with one attached hydrogen (secondary N) is 1. The summed E-state index contributed by atoms with van der Waals surface area (Å²) in [4.78, 5) is -0.0729. The van der Waals surface area contributed by atoms with Crippen LogP contribution in [0.25, 0.3) is 0 Å². The molecule has 130 valence electrons. The van der Waals surface area contributed by atoms with Crippen molar-refractivity contribution in [2.24, 2.45) is 13.0 Å². The van der Waals surface area contributed by atoms with Crippen molar-refractivity contribution in [1.82, 2.24) is 14.5 Å². The number of rotatable bonds is 5. The molecule has 1 atom stereocenters. The van der Waals surface area contributed by atoms with Crippen LogP contribution in [0.1, 0.15) is 30.0 Å². The largest absolute Gasteiger partial charge is 0.393 e. The van der Waals surface area contributed by atoms with Crippen LogP contribution in [-0.4, -0.2) is 29.4 Å². The zero-order valence-electron chi connectivity index (χ0n) is 13.5. The number of halogens is 1. The first-order chi connectivity index (χ1) is 11.3. The Balaban J connectivity index is 1.93. The third kappa shape index (κ3) is 3.35. The van der Waals surface area contributed by atoms with Crippen molar-refractivity contribution in [3.05, 3.63) is 47.5 Å². The number of sulfonamides is 1. The first kappa shape index (κ1) is 17.1. The summed E-state index contributed by atoms with van der Waals surface area (Å²) >= 11 is 0. The molecule has 6 nitrogen and oxygen atoms in total. The fourth-order valence-corrected chi connectivity index (χ4v) is 4.58. The lowest BCUT2D eigenvalue weighted by Crippen LogP contribution is -2.41. The van der Waals surface area contributed by atoms with Gasteiger partial charge < -0.3 is 5.11 Å². The van der Waals surface area contributed by atoms with Gasteiger partial charge in [0.15, 0.2) is 0 Å². The maximum atomic E-state index is 13.5. The minimum Gasteiger partial charge on any atom is -0.393 e. The predicted molar refractivity (Wildman–Crippen MR) is 86.1 cm³/mol. The molecule has 1 saturated carbocycles. The van der Waals surface area contributed by atoms with Gasteiger partial charge in [0.05, 0.1) is 23.2 Å². The Bertz CT molecular complexity index is 844. The second kappa shape index (κ2) is 6.27. The van der Waals surface area contributed by atoms with Gasteiger partial charge in [0.25, 0.3) is 0 Å². The zero-order valence-corrected chi connectivity index (χ0v) is 14.3. The third-order valence-electron chi connectivity index (χ3n) is 4.43. The van der Waals surface area contributed by atoms with Crippen LogP contribution >= 0.6 is 0 Å². The number of aromatic nitrogens is 2. The Hall–Kier alpha value is -1.77. The molecule has 1 aliphatic rings. The van der Waals surface area contributed by atoms with Gasteiger partial charge in [-0.3, -0.25) is 4.68 Å². The molecule has 1 fully saturated rings. The molecular formula is C16H20FN3O3S. The standard InChI is InChI=1S/C16H20FN3O3S/c1-10-3-4-13(17)7-15(10)24(22,23)19-16(11-5-14(21)6-11)12-8-18-20(2)9-12/h3-4,7-9,11,14,16,19,21H,5-6H2,1-2H3/t11?,14?,16-/m0/s1. The van der Waals surface area contributed by atoms with E-state index in [0.29, 0.717) is 18.4 Å². The number of hydrogen-bond donors (Lipinski definition) is 2. The first-order valence-corrected chi connectivity index (χ1v) is 9.19. The van der Waals surface area contributed by atoms with Crippen molar-refractivity contribution < 1.29 is 17.9 Å². The minimum atomic E-state index is -3.90. The second-order valence-corrected chi connectivity index (χ2v) is 8.02. The molecule has 1 aromatic carbocycles. The highest BCUT2D eigenvalue weighted by Crippen LogP contribution is 2.39. The van der Waals surface area contributed by atoms with E-state index < -0.39 is 28.0 Å². The Morgan fingerprint density at radius 1 is 1.42 bits per heavy atom. The number of aryl methyl sites for hydroxylation is 2. The van der Waals surface area contributed by atoms with E-state index in [9.17, 15) is 17.9 Å². The van der Waals surface area contributed by atoms with Crippen LogP contribution in [0.2, 0.25) is 0 Å². The highest BCUT2D eigenvalue weighted by atomic mass is 32.2. The molecule has 0 amide bonds. The molecule has 0 radical (unpaired) electrons. The number of aliphatic hydroxyl groups is 1. The molecule has 0 bridgehead atoms. The Labute approximate surface area is 140 Å². The van der Waals surface area contributed by atoms with Crippen LogP contribution < -0.4 is 4.72 Å². The van der Waals surface area contributed by atoms with E-state index >= 15 is 0 Å². The van der Waals surface area contributed by atoms with Crippen LogP contribution in [0.4, 0.5) is 4.39 Å². The summed E-state index contributed by atoms with van der Waals surface area (Å²) in [6, 6.07) is 3.19. The van der Waals surface area contributed by atoms with Gasteiger partial charge in [-0.25, -0.2) is 17.5 Å². The van der Waals surface area contributed by atoms with Crippen molar-refractivity contribution in [3.8, 4) is 0 Å². The summed E-state index contributed by atoms with van der Waals surface area (Å²) in [5.41, 5.74) is 1.20. The van der Waals surface area contributed by atoms with E-state index in [-0.39, 0.29) is 10.8 Å². The SMILES string of the molecule is Cc1ccc(F)cc1S(=O)(=O)N[C@H](c1cnn(C)c1)C1CC(O)C1. The quantitative estimate of drug-likeness (QED) is 0.856. The monoisotopic (exact) mass is 353 g/mol. The maximum Gasteiger partial charge on any atom is 0.241 e. The summed E-state index contributed by atoms with van der Waals surface area (Å²) in [5, 5.41) is 13.7. The fraction of sp³-hybridized carbons (Fsp3) is 0.438. The van der Waals surface area contributed by atoms with Gasteiger partial charge in [-0.05, 0) is 43.4 Å². The smallest absolute Gasteiger partial charge is 0.241 e. The van der Waals surface area contributed by atoms with Crippen LogP contribution in [0.3, 0.4) is 0 Å². The Morgan fingerprint density at radius 2 is 2.12 bits per heavy atom. The van der Waals surface area contributed by atoms with Crippen molar-refractivity contribution in [1.29, 1.82) is 0 Å². The number of benzene rings is 1. The first-order valence-electron chi connectivity index (χ1n) is 7.71. The van der Waals surface area contributed by atoms with E-state index in [4.69, 9.17) is 0 Å². The molecule has 0 aliphatic heterocycles. The Kier molecular flexibility index (Phi) is 4.46. The van der Waals surface area contributed by atoms with Crippen LogP contribution in [-0.2, 0) is 17.1 Å². The summed E-state index contributed by atoms with van der Waals surface area (Å²) in [5.74, 6) is -0.620. The molecule has 1 aliphatic carbocycles. The third-order valence-corrected chi connectivity index (χ3v) is 6.01. The minimum absolute atomic E-state index is 0.0205. The average Bonchev–Trinajstić information content (AvgIpc) is 2.91. The molecule has 2 aromatic rings. The van der Waals surface area contributed by atoms with Crippen molar-refractivity contribution in [3.63, 3.8) is 0 Å². The maximum absolute atomic E-state index is 13.5. The lowest BCUT2D eigenvalue weighted by molar-refractivity contribution is 0.0280. The van der Waals surface area contributed by atoms with Crippen molar-refractivity contribution in [2.45, 2.75) is 36.8 Å². The average molecular weight is 353 g/mol. The molecule has 3 rings (SSSR count). The van der Waals surface area contributed by atoms with E-state index in [1.54, 1.807) is 31.0 Å². The van der Waals surface area contributed by atoms with Gasteiger partial charge in [0, 0.05) is 18.8 Å². The molecular weight excluding hydrogens is 333 g/mol. The normalized spacial score (nSPS) is 22.2. The highest BCUT2D eigenvalue weighted by Gasteiger charge is 2.38. The number of hydrogen-bond acceptors (Lipinski definition) is 4. The summed E-state index contributed by atoms with van der Waals surface area (Å²) in [6.45, 7) is 1.63. The molecule has 8 heteroatoms.